The van der Waals surface area contributed by atoms with E-state index in [0.717, 1.165) is 12.8 Å². The van der Waals surface area contributed by atoms with E-state index in [4.69, 9.17) is 4.42 Å². The van der Waals surface area contributed by atoms with E-state index in [1.54, 1.807) is 22.4 Å². The Kier molecular flexibility index (Phi) is 7.03. The summed E-state index contributed by atoms with van der Waals surface area (Å²) in [4.78, 5) is 43.1. The highest BCUT2D eigenvalue weighted by atomic mass is 32.1. The third kappa shape index (κ3) is 5.90. The molecule has 29 heavy (non-hydrogen) atoms. The van der Waals surface area contributed by atoms with Crippen molar-refractivity contribution in [2.75, 3.05) is 25.0 Å². The maximum absolute atomic E-state index is 12.7. The summed E-state index contributed by atoms with van der Waals surface area (Å²) < 4.78 is 5.05. The molecule has 2 aromatic heterocycles. The molecule has 9 heteroatoms. The molecule has 1 fully saturated rings. The average Bonchev–Trinajstić information content (AvgIpc) is 3.38. The number of nitrogens with zero attached hydrogens (tertiary/aromatic N) is 2. The first-order chi connectivity index (χ1) is 13.9. The van der Waals surface area contributed by atoms with E-state index in [0.29, 0.717) is 36.4 Å². The lowest BCUT2D eigenvalue weighted by molar-refractivity contribution is -0.135. The topological polar surface area (TPSA) is 105 Å². The molecule has 3 rings (SSSR count). The second-order valence-corrected chi connectivity index (χ2v) is 8.43. The number of aromatic nitrogens is 1. The third-order valence-electron chi connectivity index (χ3n) is 4.68. The molecule has 2 aromatic rings. The Hall–Kier alpha value is -2.68. The Morgan fingerprint density at radius 2 is 2.21 bits per heavy atom. The maximum atomic E-state index is 12.7. The van der Waals surface area contributed by atoms with Gasteiger partial charge in [0.1, 0.15) is 0 Å². The van der Waals surface area contributed by atoms with Gasteiger partial charge in [-0.05, 0) is 30.9 Å². The first-order valence-corrected chi connectivity index (χ1v) is 10.6. The molecule has 0 spiro atoms. The fourth-order valence-electron chi connectivity index (χ4n) is 3.15. The van der Waals surface area contributed by atoms with E-state index in [9.17, 15) is 14.4 Å². The van der Waals surface area contributed by atoms with Gasteiger partial charge in [0.15, 0.2) is 10.9 Å². The van der Waals surface area contributed by atoms with Gasteiger partial charge in [0, 0.05) is 25.0 Å². The van der Waals surface area contributed by atoms with Gasteiger partial charge in [0.05, 0.1) is 24.3 Å². The minimum atomic E-state index is -0.381. The van der Waals surface area contributed by atoms with Gasteiger partial charge in [0.25, 0.3) is 5.91 Å². The first-order valence-electron chi connectivity index (χ1n) is 9.77. The lowest BCUT2D eigenvalue weighted by Gasteiger charge is -2.32. The van der Waals surface area contributed by atoms with Gasteiger partial charge >= 0.3 is 0 Å². The molecule has 2 N–H and O–H groups in total. The number of amides is 3. The Morgan fingerprint density at radius 3 is 2.93 bits per heavy atom. The minimum Gasteiger partial charge on any atom is -0.459 e. The van der Waals surface area contributed by atoms with E-state index in [1.807, 2.05) is 0 Å². The molecule has 1 saturated heterocycles. The fourth-order valence-corrected chi connectivity index (χ4v) is 3.85. The van der Waals surface area contributed by atoms with Crippen LogP contribution in [0.15, 0.2) is 28.2 Å². The molecule has 0 aliphatic carbocycles. The molecule has 0 radical (unpaired) electrons. The van der Waals surface area contributed by atoms with E-state index < -0.39 is 0 Å². The van der Waals surface area contributed by atoms with Crippen molar-refractivity contribution in [3.05, 3.63) is 35.2 Å². The molecular weight excluding hydrogens is 392 g/mol. The second kappa shape index (κ2) is 9.69. The number of furan rings is 1. The summed E-state index contributed by atoms with van der Waals surface area (Å²) in [6.07, 6.45) is 3.18. The standard InChI is InChI=1S/C20H26N4O4S/c1-13(2)10-21-18(26)14-5-3-7-24(11-14)17(25)9-15-12-29-20(22-15)23-19(27)16-6-4-8-28-16/h4,6,8,12-14H,3,5,7,9-11H2,1-2H3,(H,21,26)(H,22,23,27). The molecule has 1 atom stereocenters. The summed E-state index contributed by atoms with van der Waals surface area (Å²) in [6, 6.07) is 3.20. The highest BCUT2D eigenvalue weighted by molar-refractivity contribution is 7.14. The van der Waals surface area contributed by atoms with Crippen LogP contribution in [0.5, 0.6) is 0 Å². The molecule has 1 aliphatic rings. The van der Waals surface area contributed by atoms with Crippen LogP contribution in [0.2, 0.25) is 0 Å². The Labute approximate surface area is 173 Å². The van der Waals surface area contributed by atoms with Crippen molar-refractivity contribution in [2.24, 2.45) is 11.8 Å². The molecule has 0 aromatic carbocycles. The Balaban J connectivity index is 1.51. The highest BCUT2D eigenvalue weighted by Gasteiger charge is 2.28. The number of likely N-dealkylation sites (tertiary alicyclic amines) is 1. The van der Waals surface area contributed by atoms with Crippen LogP contribution in [0, 0.1) is 11.8 Å². The lowest BCUT2D eigenvalue weighted by Crippen LogP contribution is -2.46. The van der Waals surface area contributed by atoms with Crippen LogP contribution in [0.25, 0.3) is 0 Å². The van der Waals surface area contributed by atoms with Crippen molar-refractivity contribution >= 4 is 34.2 Å². The predicted octanol–water partition coefficient (Wildman–Crippen LogP) is 2.54. The van der Waals surface area contributed by atoms with Gasteiger partial charge in [0.2, 0.25) is 11.8 Å². The number of hydrogen-bond acceptors (Lipinski definition) is 6. The monoisotopic (exact) mass is 418 g/mol. The Morgan fingerprint density at radius 1 is 1.38 bits per heavy atom. The number of carbonyl (C=O) groups excluding carboxylic acids is 3. The van der Waals surface area contributed by atoms with E-state index >= 15 is 0 Å². The lowest BCUT2D eigenvalue weighted by atomic mass is 9.96. The van der Waals surface area contributed by atoms with Crippen LogP contribution in [0.3, 0.4) is 0 Å². The van der Waals surface area contributed by atoms with Crippen molar-refractivity contribution < 1.29 is 18.8 Å². The first kappa shape index (κ1) is 21.0. The smallest absolute Gasteiger partial charge is 0.293 e. The normalized spacial score (nSPS) is 16.7. The van der Waals surface area contributed by atoms with Crippen molar-refractivity contribution in [1.82, 2.24) is 15.2 Å². The average molecular weight is 419 g/mol. The number of hydrogen-bond donors (Lipinski definition) is 2. The maximum Gasteiger partial charge on any atom is 0.293 e. The molecular formula is C20H26N4O4S. The quantitative estimate of drug-likeness (QED) is 0.719. The zero-order valence-corrected chi connectivity index (χ0v) is 17.5. The van der Waals surface area contributed by atoms with Crippen LogP contribution in [0.4, 0.5) is 5.13 Å². The number of thiazole rings is 1. The van der Waals surface area contributed by atoms with Crippen LogP contribution in [-0.4, -0.2) is 47.2 Å². The number of nitrogens with one attached hydrogen (secondary N) is 2. The number of anilines is 1. The molecule has 1 aliphatic heterocycles. The molecule has 3 amide bonds. The number of rotatable bonds is 7. The summed E-state index contributed by atoms with van der Waals surface area (Å²) in [5.41, 5.74) is 0.598. The van der Waals surface area contributed by atoms with Gasteiger partial charge in [-0.1, -0.05) is 13.8 Å². The molecule has 156 valence electrons. The van der Waals surface area contributed by atoms with Crippen molar-refractivity contribution in [3.8, 4) is 0 Å². The zero-order valence-electron chi connectivity index (χ0n) is 16.6. The highest BCUT2D eigenvalue weighted by Crippen LogP contribution is 2.20. The molecule has 3 heterocycles. The number of carbonyl (C=O) groups is 3. The summed E-state index contributed by atoms with van der Waals surface area (Å²) >= 11 is 1.26. The molecule has 8 nitrogen and oxygen atoms in total. The van der Waals surface area contributed by atoms with Crippen molar-refractivity contribution in [3.63, 3.8) is 0 Å². The zero-order chi connectivity index (χ0) is 20.8. The largest absolute Gasteiger partial charge is 0.459 e. The van der Waals surface area contributed by atoms with Crippen LogP contribution in [0.1, 0.15) is 42.9 Å². The summed E-state index contributed by atoms with van der Waals surface area (Å²) in [5.74, 6) is 0.0206. The fraction of sp³-hybridized carbons (Fsp3) is 0.500. The molecule has 0 bridgehead atoms. The number of piperidine rings is 1. The summed E-state index contributed by atoms with van der Waals surface area (Å²) in [6.45, 7) is 5.84. The van der Waals surface area contributed by atoms with E-state index in [-0.39, 0.29) is 35.8 Å². The Bertz CT molecular complexity index is 847. The van der Waals surface area contributed by atoms with E-state index in [1.165, 1.54) is 17.6 Å². The van der Waals surface area contributed by atoms with Gasteiger partial charge < -0.3 is 14.6 Å². The van der Waals surface area contributed by atoms with Crippen molar-refractivity contribution in [1.29, 1.82) is 0 Å². The van der Waals surface area contributed by atoms with Gasteiger partial charge in [-0.15, -0.1) is 11.3 Å². The molecule has 0 saturated carbocycles. The second-order valence-electron chi connectivity index (χ2n) is 7.57. The van der Waals surface area contributed by atoms with Gasteiger partial charge in [-0.25, -0.2) is 4.98 Å². The minimum absolute atomic E-state index is 0.0211. The summed E-state index contributed by atoms with van der Waals surface area (Å²) in [5, 5.41) is 7.79. The van der Waals surface area contributed by atoms with Crippen LogP contribution < -0.4 is 10.6 Å². The van der Waals surface area contributed by atoms with Gasteiger partial charge in [-0.3, -0.25) is 19.7 Å². The van der Waals surface area contributed by atoms with Gasteiger partial charge in [-0.2, -0.15) is 0 Å². The third-order valence-corrected chi connectivity index (χ3v) is 5.49. The van der Waals surface area contributed by atoms with E-state index in [2.05, 4.69) is 29.5 Å². The summed E-state index contributed by atoms with van der Waals surface area (Å²) in [7, 11) is 0. The SMILES string of the molecule is CC(C)CNC(=O)C1CCCN(C(=O)Cc2csc(NC(=O)c3ccco3)n2)C1. The predicted molar refractivity (Wildman–Crippen MR) is 110 cm³/mol. The van der Waals surface area contributed by atoms with Crippen LogP contribution >= 0.6 is 11.3 Å². The molecule has 1 unspecified atom stereocenters. The van der Waals surface area contributed by atoms with Crippen molar-refractivity contribution in [2.45, 2.75) is 33.1 Å². The van der Waals surface area contributed by atoms with Crippen LogP contribution in [-0.2, 0) is 16.0 Å².